The van der Waals surface area contributed by atoms with E-state index in [2.05, 4.69) is 11.1 Å². The monoisotopic (exact) mass is 384 g/mol. The van der Waals surface area contributed by atoms with E-state index in [1.807, 2.05) is 23.1 Å². The van der Waals surface area contributed by atoms with E-state index in [4.69, 9.17) is 4.74 Å². The van der Waals surface area contributed by atoms with Gasteiger partial charge in [-0.1, -0.05) is 18.2 Å². The Morgan fingerprint density at radius 2 is 2.14 bits per heavy atom. The van der Waals surface area contributed by atoms with Gasteiger partial charge in [-0.15, -0.1) is 0 Å². The number of carbonyl (C=O) groups excluding carboxylic acids is 3. The molecule has 7 nitrogen and oxygen atoms in total. The van der Waals surface area contributed by atoms with Crippen molar-refractivity contribution in [3.8, 4) is 0 Å². The number of methoxy groups -OCH3 is 1. The van der Waals surface area contributed by atoms with Crippen LogP contribution in [0, 0.1) is 5.92 Å². The molecular weight excluding hydrogens is 360 g/mol. The topological polar surface area (TPSA) is 99.7 Å². The Kier molecular flexibility index (Phi) is 6.26. The zero-order chi connectivity index (χ0) is 20.1. The number of aromatic nitrogens is 1. The van der Waals surface area contributed by atoms with Crippen LogP contribution in [0.15, 0.2) is 36.1 Å². The molecule has 28 heavy (non-hydrogen) atoms. The summed E-state index contributed by atoms with van der Waals surface area (Å²) in [7, 11) is 1.24. The van der Waals surface area contributed by atoms with Gasteiger partial charge in [0.1, 0.15) is 12.6 Å². The number of aromatic amines is 1. The largest absolute Gasteiger partial charge is 0.515 e. The number of ether oxygens (including phenoxy) is 1. The van der Waals surface area contributed by atoms with Crippen molar-refractivity contribution >= 4 is 29.4 Å². The van der Waals surface area contributed by atoms with Crippen molar-refractivity contribution in [1.29, 1.82) is 0 Å². The molecule has 1 aromatic carbocycles. The van der Waals surface area contributed by atoms with E-state index in [0.717, 1.165) is 41.9 Å². The van der Waals surface area contributed by atoms with E-state index >= 15 is 0 Å². The second kappa shape index (κ2) is 8.84. The fourth-order valence-electron chi connectivity index (χ4n) is 4.13. The van der Waals surface area contributed by atoms with Gasteiger partial charge in [-0.2, -0.15) is 0 Å². The Hall–Kier alpha value is -2.93. The van der Waals surface area contributed by atoms with Crippen molar-refractivity contribution in [2.24, 2.45) is 5.92 Å². The average Bonchev–Trinajstić information content (AvgIpc) is 3.09. The minimum atomic E-state index is -0.663. The maximum absolute atomic E-state index is 12.1. The van der Waals surface area contributed by atoms with Gasteiger partial charge in [-0.25, -0.2) is 4.79 Å². The van der Waals surface area contributed by atoms with Gasteiger partial charge in [0.2, 0.25) is 0 Å². The van der Waals surface area contributed by atoms with Gasteiger partial charge in [0, 0.05) is 35.5 Å². The van der Waals surface area contributed by atoms with Gasteiger partial charge in [0.25, 0.3) is 0 Å². The van der Waals surface area contributed by atoms with E-state index in [1.54, 1.807) is 0 Å². The molecular formula is C21H24N2O5. The van der Waals surface area contributed by atoms with E-state index in [0.29, 0.717) is 13.0 Å². The number of aldehydes is 2. The third-order valence-corrected chi connectivity index (χ3v) is 5.47. The van der Waals surface area contributed by atoms with Crippen molar-refractivity contribution in [3.05, 3.63) is 47.4 Å². The average molecular weight is 384 g/mol. The number of hydrogen-bond acceptors (Lipinski definition) is 6. The highest BCUT2D eigenvalue weighted by Gasteiger charge is 2.34. The molecule has 2 aromatic rings. The lowest BCUT2D eigenvalue weighted by atomic mass is 9.85. The molecule has 0 saturated heterocycles. The smallest absolute Gasteiger partial charge is 0.337 e. The predicted molar refractivity (Wildman–Crippen MR) is 104 cm³/mol. The molecule has 0 saturated carbocycles. The van der Waals surface area contributed by atoms with E-state index in [1.165, 1.54) is 12.7 Å². The number of benzene rings is 1. The SMILES string of the molecule is COC(=O)/C(=C/O)[C@H](CC=O)C[C@H]1c2[nH]c3ccccc3c2CCN1CC=O. The third kappa shape index (κ3) is 3.71. The van der Waals surface area contributed by atoms with Crippen LogP contribution in [0.1, 0.15) is 30.1 Å². The zero-order valence-electron chi connectivity index (χ0n) is 15.8. The zero-order valence-corrected chi connectivity index (χ0v) is 15.8. The van der Waals surface area contributed by atoms with Crippen LogP contribution in [-0.2, 0) is 25.5 Å². The van der Waals surface area contributed by atoms with Gasteiger partial charge < -0.3 is 24.4 Å². The Bertz CT molecular complexity index is 901. The number of fused-ring (bicyclic) bond motifs is 3. The summed E-state index contributed by atoms with van der Waals surface area (Å²) >= 11 is 0. The number of aliphatic hydroxyl groups excluding tert-OH is 1. The van der Waals surface area contributed by atoms with Crippen molar-refractivity contribution in [3.63, 3.8) is 0 Å². The third-order valence-electron chi connectivity index (χ3n) is 5.47. The summed E-state index contributed by atoms with van der Waals surface area (Å²) in [6.45, 7) is 0.951. The highest BCUT2D eigenvalue weighted by molar-refractivity contribution is 5.89. The molecule has 2 N–H and O–H groups in total. The lowest BCUT2D eigenvalue weighted by molar-refractivity contribution is -0.137. The van der Waals surface area contributed by atoms with Crippen LogP contribution in [0.4, 0.5) is 0 Å². The van der Waals surface area contributed by atoms with E-state index in [9.17, 15) is 19.5 Å². The Balaban J connectivity index is 2.01. The van der Waals surface area contributed by atoms with Crippen molar-refractivity contribution in [2.75, 3.05) is 20.2 Å². The van der Waals surface area contributed by atoms with Crippen LogP contribution in [0.2, 0.25) is 0 Å². The fourth-order valence-corrected chi connectivity index (χ4v) is 4.13. The minimum Gasteiger partial charge on any atom is -0.515 e. The van der Waals surface area contributed by atoms with Gasteiger partial charge in [0.05, 0.1) is 31.5 Å². The molecule has 0 spiro atoms. The Labute approximate surface area is 163 Å². The van der Waals surface area contributed by atoms with Gasteiger partial charge in [0.15, 0.2) is 0 Å². The molecule has 7 heteroatoms. The summed E-state index contributed by atoms with van der Waals surface area (Å²) in [5.74, 6) is -1.18. The molecule has 1 aliphatic heterocycles. The standard InChI is InChI=1S/C21H24N2O5/c1-28-21(27)17(13-26)14(7-10-24)12-19-20-16(6-8-23(19)9-11-25)15-4-2-3-5-18(15)22-20/h2-5,10-11,13-14,19,22,26H,6-9,12H2,1H3/b17-13+/t14-,19+/m1/s1. The van der Waals surface area contributed by atoms with Gasteiger partial charge in [-0.3, -0.25) is 4.90 Å². The number of carbonyl (C=O) groups is 3. The number of para-hydroxylation sites is 1. The maximum atomic E-state index is 12.1. The van der Waals surface area contributed by atoms with Crippen molar-refractivity contribution in [1.82, 2.24) is 9.88 Å². The molecule has 148 valence electrons. The van der Waals surface area contributed by atoms with E-state index < -0.39 is 11.9 Å². The van der Waals surface area contributed by atoms with Gasteiger partial charge >= 0.3 is 5.97 Å². The molecule has 0 amide bonds. The number of esters is 1. The number of nitrogens with one attached hydrogen (secondary N) is 1. The molecule has 0 aliphatic carbocycles. The summed E-state index contributed by atoms with van der Waals surface area (Å²) in [5, 5.41) is 10.7. The summed E-state index contributed by atoms with van der Waals surface area (Å²) in [5.41, 5.74) is 3.26. The molecule has 3 rings (SSSR count). The van der Waals surface area contributed by atoms with Gasteiger partial charge in [-0.05, 0) is 24.5 Å². The summed E-state index contributed by atoms with van der Waals surface area (Å²) in [6, 6.07) is 7.83. The van der Waals surface area contributed by atoms with Crippen LogP contribution in [0.25, 0.3) is 10.9 Å². The second-order valence-electron chi connectivity index (χ2n) is 6.90. The van der Waals surface area contributed by atoms with Crippen LogP contribution in [-0.4, -0.2) is 53.7 Å². The highest BCUT2D eigenvalue weighted by Crippen LogP contribution is 2.39. The molecule has 0 fully saturated rings. The number of hydrogen-bond donors (Lipinski definition) is 2. The summed E-state index contributed by atoms with van der Waals surface area (Å²) < 4.78 is 4.75. The number of H-pyrrole nitrogens is 1. The normalized spacial score (nSPS) is 18.5. The maximum Gasteiger partial charge on any atom is 0.337 e. The predicted octanol–water partition coefficient (Wildman–Crippen LogP) is 2.48. The first-order valence-corrected chi connectivity index (χ1v) is 9.27. The molecule has 0 radical (unpaired) electrons. The molecule has 2 heterocycles. The number of aliphatic hydroxyl groups is 1. The molecule has 0 unspecified atom stereocenters. The lowest BCUT2D eigenvalue weighted by Crippen LogP contribution is -2.38. The second-order valence-corrected chi connectivity index (χ2v) is 6.90. The van der Waals surface area contributed by atoms with Crippen LogP contribution >= 0.6 is 0 Å². The van der Waals surface area contributed by atoms with Crippen LogP contribution in [0.3, 0.4) is 0 Å². The number of nitrogens with zero attached hydrogens (tertiary/aromatic N) is 1. The molecule has 1 aromatic heterocycles. The Morgan fingerprint density at radius 1 is 1.36 bits per heavy atom. The summed E-state index contributed by atoms with van der Waals surface area (Å²) in [4.78, 5) is 40.0. The first kappa shape index (κ1) is 19.8. The fraction of sp³-hybridized carbons (Fsp3) is 0.381. The number of rotatable bonds is 8. The summed E-state index contributed by atoms with van der Waals surface area (Å²) in [6.07, 6.45) is 3.59. The molecule has 1 aliphatic rings. The lowest BCUT2D eigenvalue weighted by Gasteiger charge is -2.36. The first-order chi connectivity index (χ1) is 13.6. The van der Waals surface area contributed by atoms with Crippen molar-refractivity contribution < 1.29 is 24.2 Å². The molecule has 0 bridgehead atoms. The quantitative estimate of drug-likeness (QED) is 0.314. The van der Waals surface area contributed by atoms with Crippen LogP contribution in [0.5, 0.6) is 0 Å². The first-order valence-electron chi connectivity index (χ1n) is 9.27. The Morgan fingerprint density at radius 3 is 2.82 bits per heavy atom. The molecule has 2 atom stereocenters. The minimum absolute atomic E-state index is 0.0592. The highest BCUT2D eigenvalue weighted by atomic mass is 16.5. The van der Waals surface area contributed by atoms with E-state index in [-0.39, 0.29) is 24.6 Å². The van der Waals surface area contributed by atoms with Crippen molar-refractivity contribution in [2.45, 2.75) is 25.3 Å². The van der Waals surface area contributed by atoms with Crippen LogP contribution < -0.4 is 0 Å².